The Morgan fingerprint density at radius 1 is 0.828 bits per heavy atom. The summed E-state index contributed by atoms with van der Waals surface area (Å²) in [6, 6.07) is 21.6. The van der Waals surface area contributed by atoms with Gasteiger partial charge in [0.25, 0.3) is 5.91 Å². The van der Waals surface area contributed by atoms with Crippen molar-refractivity contribution in [3.63, 3.8) is 0 Å². The molecule has 0 aliphatic heterocycles. The summed E-state index contributed by atoms with van der Waals surface area (Å²) >= 11 is 0. The van der Waals surface area contributed by atoms with Crippen LogP contribution in [-0.4, -0.2) is 20.9 Å². The van der Waals surface area contributed by atoms with Gasteiger partial charge < -0.3 is 5.32 Å². The second-order valence-corrected chi connectivity index (χ2v) is 7.27. The maximum atomic E-state index is 12.6. The average molecular weight is 382 g/mol. The van der Waals surface area contributed by atoms with E-state index in [1.807, 2.05) is 38.1 Å². The highest BCUT2D eigenvalue weighted by Gasteiger charge is 2.11. The molecule has 1 amide bonds. The molecule has 1 heterocycles. The molecule has 0 fully saturated rings. The first-order chi connectivity index (χ1) is 14.0. The predicted octanol–water partition coefficient (Wildman–Crippen LogP) is 5.11. The number of amides is 1. The van der Waals surface area contributed by atoms with Crippen LogP contribution in [-0.2, 0) is 0 Å². The van der Waals surface area contributed by atoms with Crippen molar-refractivity contribution >= 4 is 11.6 Å². The molecule has 3 aromatic carbocycles. The van der Waals surface area contributed by atoms with E-state index < -0.39 is 0 Å². The first-order valence-corrected chi connectivity index (χ1v) is 9.47. The Hall–Kier alpha value is -3.73. The van der Waals surface area contributed by atoms with Gasteiger partial charge in [0.1, 0.15) is 0 Å². The number of rotatable bonds is 4. The molecule has 4 rings (SSSR count). The maximum absolute atomic E-state index is 12.6. The van der Waals surface area contributed by atoms with Crippen LogP contribution in [0.1, 0.15) is 27.0 Å². The SMILES string of the molecule is Cc1ccc(-c2cnnn2-c2ccc(C(=O)Nc3cc(C)cc(C)c3)cc2)cc1. The average Bonchev–Trinajstić information content (AvgIpc) is 3.17. The standard InChI is InChI=1S/C24H22N4O/c1-16-4-6-19(7-5-16)23-15-25-27-28(23)22-10-8-20(9-11-22)24(29)26-21-13-17(2)12-18(3)14-21/h4-15H,1-3H3,(H,26,29). The van der Waals surface area contributed by atoms with Crippen molar-refractivity contribution in [3.8, 4) is 16.9 Å². The lowest BCUT2D eigenvalue weighted by atomic mass is 10.1. The molecule has 144 valence electrons. The maximum Gasteiger partial charge on any atom is 0.255 e. The zero-order chi connectivity index (χ0) is 20.4. The molecule has 0 unspecified atom stereocenters. The smallest absolute Gasteiger partial charge is 0.255 e. The number of carbonyl (C=O) groups is 1. The molecule has 0 radical (unpaired) electrons. The largest absolute Gasteiger partial charge is 0.322 e. The Labute approximate surface area is 170 Å². The summed E-state index contributed by atoms with van der Waals surface area (Å²) in [5, 5.41) is 11.2. The number of nitrogens with zero attached hydrogens (tertiary/aromatic N) is 3. The van der Waals surface area contributed by atoms with Gasteiger partial charge in [0.05, 0.1) is 17.6 Å². The van der Waals surface area contributed by atoms with Gasteiger partial charge >= 0.3 is 0 Å². The first-order valence-electron chi connectivity index (χ1n) is 9.47. The van der Waals surface area contributed by atoms with Gasteiger partial charge in [-0.25, -0.2) is 4.68 Å². The number of nitrogens with one attached hydrogen (secondary N) is 1. The molecule has 0 atom stereocenters. The lowest BCUT2D eigenvalue weighted by Crippen LogP contribution is -2.12. The van der Waals surface area contributed by atoms with Crippen LogP contribution in [0, 0.1) is 20.8 Å². The van der Waals surface area contributed by atoms with E-state index >= 15 is 0 Å². The van der Waals surface area contributed by atoms with Crippen LogP contribution in [0.3, 0.4) is 0 Å². The third-order valence-corrected chi connectivity index (χ3v) is 4.75. The Balaban J connectivity index is 1.56. The highest BCUT2D eigenvalue weighted by molar-refractivity contribution is 6.04. The molecule has 1 aromatic heterocycles. The lowest BCUT2D eigenvalue weighted by Gasteiger charge is -2.09. The van der Waals surface area contributed by atoms with Gasteiger partial charge in [-0.15, -0.1) is 5.10 Å². The van der Waals surface area contributed by atoms with Gasteiger partial charge in [-0.3, -0.25) is 4.79 Å². The molecule has 0 saturated heterocycles. The summed E-state index contributed by atoms with van der Waals surface area (Å²) in [6.07, 6.45) is 1.74. The number of anilines is 1. The Morgan fingerprint density at radius 2 is 1.48 bits per heavy atom. The Bertz CT molecular complexity index is 1140. The molecular weight excluding hydrogens is 360 g/mol. The second kappa shape index (κ2) is 7.72. The van der Waals surface area contributed by atoms with Crippen LogP contribution in [0.25, 0.3) is 16.9 Å². The van der Waals surface area contributed by atoms with Crippen molar-refractivity contribution in [1.29, 1.82) is 0 Å². The highest BCUT2D eigenvalue weighted by atomic mass is 16.1. The van der Waals surface area contributed by atoms with E-state index in [2.05, 4.69) is 52.9 Å². The number of aryl methyl sites for hydroxylation is 3. The van der Waals surface area contributed by atoms with Crippen molar-refractivity contribution < 1.29 is 4.79 Å². The van der Waals surface area contributed by atoms with Gasteiger partial charge in [-0.1, -0.05) is 41.1 Å². The fourth-order valence-electron chi connectivity index (χ4n) is 3.35. The molecular formula is C24H22N4O. The van der Waals surface area contributed by atoms with Gasteiger partial charge in [0.2, 0.25) is 0 Å². The number of carbonyl (C=O) groups excluding carboxylic acids is 1. The summed E-state index contributed by atoms with van der Waals surface area (Å²) in [5.41, 5.74) is 7.61. The van der Waals surface area contributed by atoms with Crippen molar-refractivity contribution in [2.24, 2.45) is 0 Å². The summed E-state index contributed by atoms with van der Waals surface area (Å²) in [5.74, 6) is -0.140. The predicted molar refractivity (Wildman–Crippen MR) is 115 cm³/mol. The van der Waals surface area contributed by atoms with Gasteiger partial charge in [0.15, 0.2) is 0 Å². The van der Waals surface area contributed by atoms with E-state index in [0.717, 1.165) is 33.8 Å². The zero-order valence-electron chi connectivity index (χ0n) is 16.7. The van der Waals surface area contributed by atoms with Gasteiger partial charge in [-0.05, 0) is 68.3 Å². The Morgan fingerprint density at radius 3 is 2.14 bits per heavy atom. The molecule has 5 nitrogen and oxygen atoms in total. The lowest BCUT2D eigenvalue weighted by molar-refractivity contribution is 0.102. The third kappa shape index (κ3) is 4.09. The van der Waals surface area contributed by atoms with Crippen molar-refractivity contribution in [2.45, 2.75) is 20.8 Å². The minimum Gasteiger partial charge on any atom is -0.322 e. The Kier molecular flexibility index (Phi) is 4.96. The van der Waals surface area contributed by atoms with Crippen LogP contribution in [0.4, 0.5) is 5.69 Å². The summed E-state index contributed by atoms with van der Waals surface area (Å²) in [7, 11) is 0. The molecule has 0 aliphatic rings. The van der Waals surface area contributed by atoms with Crippen molar-refractivity contribution in [2.75, 3.05) is 5.32 Å². The van der Waals surface area contributed by atoms with E-state index in [1.165, 1.54) is 5.56 Å². The van der Waals surface area contributed by atoms with Crippen LogP contribution in [0.2, 0.25) is 0 Å². The molecule has 0 spiro atoms. The van der Waals surface area contributed by atoms with Crippen molar-refractivity contribution in [3.05, 3.63) is 95.2 Å². The summed E-state index contributed by atoms with van der Waals surface area (Å²) in [4.78, 5) is 12.6. The topological polar surface area (TPSA) is 59.8 Å². The van der Waals surface area contributed by atoms with Gasteiger partial charge in [0, 0.05) is 16.8 Å². The first kappa shape index (κ1) is 18.6. The fraction of sp³-hybridized carbons (Fsp3) is 0.125. The molecule has 0 aliphatic carbocycles. The zero-order valence-corrected chi connectivity index (χ0v) is 16.7. The normalized spacial score (nSPS) is 10.7. The van der Waals surface area contributed by atoms with Crippen LogP contribution < -0.4 is 5.32 Å². The van der Waals surface area contributed by atoms with E-state index in [1.54, 1.807) is 23.0 Å². The number of aromatic nitrogens is 3. The monoisotopic (exact) mass is 382 g/mol. The van der Waals surface area contributed by atoms with E-state index in [4.69, 9.17) is 0 Å². The second-order valence-electron chi connectivity index (χ2n) is 7.27. The van der Waals surface area contributed by atoms with Gasteiger partial charge in [-0.2, -0.15) is 0 Å². The molecule has 5 heteroatoms. The minimum atomic E-state index is -0.140. The fourth-order valence-corrected chi connectivity index (χ4v) is 3.35. The summed E-state index contributed by atoms with van der Waals surface area (Å²) in [6.45, 7) is 6.09. The highest BCUT2D eigenvalue weighted by Crippen LogP contribution is 2.22. The third-order valence-electron chi connectivity index (χ3n) is 4.75. The van der Waals surface area contributed by atoms with E-state index in [0.29, 0.717) is 5.56 Å². The number of benzene rings is 3. The van der Waals surface area contributed by atoms with Crippen LogP contribution in [0.5, 0.6) is 0 Å². The van der Waals surface area contributed by atoms with E-state index in [9.17, 15) is 4.79 Å². The molecule has 4 aromatic rings. The molecule has 0 saturated carbocycles. The molecule has 1 N–H and O–H groups in total. The van der Waals surface area contributed by atoms with Crippen molar-refractivity contribution in [1.82, 2.24) is 15.0 Å². The summed E-state index contributed by atoms with van der Waals surface area (Å²) < 4.78 is 1.77. The minimum absolute atomic E-state index is 0.140. The number of hydrogen-bond donors (Lipinski definition) is 1. The van der Waals surface area contributed by atoms with E-state index in [-0.39, 0.29) is 5.91 Å². The quantitative estimate of drug-likeness (QED) is 0.533. The van der Waals surface area contributed by atoms with Crippen LogP contribution >= 0.6 is 0 Å². The molecule has 0 bridgehead atoms. The molecule has 29 heavy (non-hydrogen) atoms. The van der Waals surface area contributed by atoms with Crippen LogP contribution in [0.15, 0.2) is 72.9 Å². The number of hydrogen-bond acceptors (Lipinski definition) is 3.